The van der Waals surface area contributed by atoms with Crippen LogP contribution >= 0.6 is 0 Å². The Bertz CT molecular complexity index is 1920. The van der Waals surface area contributed by atoms with Gasteiger partial charge in [0.15, 0.2) is 11.5 Å². The first-order valence-corrected chi connectivity index (χ1v) is 17.6. The van der Waals surface area contributed by atoms with Gasteiger partial charge in [-0.25, -0.2) is 0 Å². The Labute approximate surface area is 304 Å². The Balaban J connectivity index is 1.28. The fraction of sp³-hybridized carbons (Fsp3) is 0.357. The van der Waals surface area contributed by atoms with E-state index in [-0.39, 0.29) is 37.8 Å². The molecule has 6 rings (SSSR count). The number of esters is 1. The van der Waals surface area contributed by atoms with E-state index < -0.39 is 29.5 Å². The standard InChI is InChI=1S/C42H46N2O8/c1-28-42(41(47)50-4)24-33(22-39(45)43-25-32-15-10-14-31-13-8-9-16-35(31)32)40(46)44(20-19-29-17-18-36(48-2)37(21-29)49-3)38(42)23-34(52-28)27-51-26-30-11-6-5-7-12-30/h5-18,21,23,28,33-34H,19-20,22,24-27H2,1-4H3,(H,43,45)/t28-,33+,34-,42+/m1/s1. The number of piperidine rings is 1. The van der Waals surface area contributed by atoms with Gasteiger partial charge in [0.05, 0.1) is 40.6 Å². The maximum atomic E-state index is 14.5. The number of benzene rings is 4. The first-order valence-electron chi connectivity index (χ1n) is 17.6. The lowest BCUT2D eigenvalue weighted by molar-refractivity contribution is -0.178. The number of ether oxygens (including phenoxy) is 5. The third-order valence-electron chi connectivity index (χ3n) is 10.2. The Hall–Kier alpha value is -5.19. The molecule has 2 heterocycles. The number of hydrogen-bond donors (Lipinski definition) is 1. The molecule has 4 atom stereocenters. The van der Waals surface area contributed by atoms with Crippen LogP contribution in [0.5, 0.6) is 11.5 Å². The van der Waals surface area contributed by atoms with Gasteiger partial charge in [-0.3, -0.25) is 14.4 Å². The SMILES string of the molecule is COC(=O)[C@]12C[C@H](CC(=O)NCc3cccc4ccccc34)C(=O)N(CCc3ccc(OC)c(OC)c3)C1=C[C@H](COCc1ccccc1)O[C@@H]2C. The van der Waals surface area contributed by atoms with Crippen molar-refractivity contribution < 1.29 is 38.1 Å². The Morgan fingerprint density at radius 2 is 1.65 bits per heavy atom. The number of nitrogens with one attached hydrogen (secondary N) is 1. The van der Waals surface area contributed by atoms with E-state index in [4.69, 9.17) is 23.7 Å². The van der Waals surface area contributed by atoms with Crippen molar-refractivity contribution >= 4 is 28.6 Å². The molecule has 52 heavy (non-hydrogen) atoms. The molecule has 2 aliphatic heterocycles. The van der Waals surface area contributed by atoms with Crippen molar-refractivity contribution in [1.82, 2.24) is 10.2 Å². The minimum Gasteiger partial charge on any atom is -0.493 e. The van der Waals surface area contributed by atoms with Crippen molar-refractivity contribution in [2.45, 2.75) is 51.5 Å². The molecule has 1 saturated heterocycles. The van der Waals surface area contributed by atoms with Crippen LogP contribution in [0.3, 0.4) is 0 Å². The summed E-state index contributed by atoms with van der Waals surface area (Å²) in [5.74, 6) is -0.659. The van der Waals surface area contributed by atoms with Crippen molar-refractivity contribution in [3.8, 4) is 11.5 Å². The average Bonchev–Trinajstić information content (AvgIpc) is 3.17. The van der Waals surface area contributed by atoms with Crippen LogP contribution in [0.1, 0.15) is 36.5 Å². The van der Waals surface area contributed by atoms with E-state index >= 15 is 0 Å². The predicted octanol–water partition coefficient (Wildman–Crippen LogP) is 6.00. The minimum atomic E-state index is -1.32. The molecule has 4 aromatic carbocycles. The van der Waals surface area contributed by atoms with E-state index in [1.807, 2.05) is 104 Å². The molecule has 4 aromatic rings. The van der Waals surface area contributed by atoms with Crippen LogP contribution in [-0.4, -0.2) is 69.4 Å². The van der Waals surface area contributed by atoms with Gasteiger partial charge >= 0.3 is 5.97 Å². The van der Waals surface area contributed by atoms with Crippen molar-refractivity contribution in [1.29, 1.82) is 0 Å². The van der Waals surface area contributed by atoms with Crippen molar-refractivity contribution in [2.24, 2.45) is 11.3 Å². The van der Waals surface area contributed by atoms with Crippen molar-refractivity contribution in [3.63, 3.8) is 0 Å². The molecule has 0 radical (unpaired) electrons. The van der Waals surface area contributed by atoms with Gasteiger partial charge in [0.1, 0.15) is 11.5 Å². The average molecular weight is 707 g/mol. The smallest absolute Gasteiger partial charge is 0.320 e. The van der Waals surface area contributed by atoms with Crippen molar-refractivity contribution in [3.05, 3.63) is 119 Å². The highest BCUT2D eigenvalue weighted by molar-refractivity contribution is 5.93. The molecular weight excluding hydrogens is 660 g/mol. The number of carbonyl (C=O) groups is 3. The number of rotatable bonds is 14. The van der Waals surface area contributed by atoms with Crippen LogP contribution in [-0.2, 0) is 48.2 Å². The zero-order valence-electron chi connectivity index (χ0n) is 30.1. The van der Waals surface area contributed by atoms with E-state index in [9.17, 15) is 14.4 Å². The van der Waals surface area contributed by atoms with Gasteiger partial charge in [0.25, 0.3) is 0 Å². The molecule has 0 unspecified atom stereocenters. The van der Waals surface area contributed by atoms with Gasteiger partial charge < -0.3 is 33.9 Å². The van der Waals surface area contributed by atoms with Gasteiger partial charge in [-0.05, 0) is 65.4 Å². The molecule has 1 N–H and O–H groups in total. The first-order chi connectivity index (χ1) is 25.3. The van der Waals surface area contributed by atoms with Gasteiger partial charge in [-0.2, -0.15) is 0 Å². The summed E-state index contributed by atoms with van der Waals surface area (Å²) in [5.41, 5.74) is 2.10. The van der Waals surface area contributed by atoms with Crippen LogP contribution in [0, 0.1) is 11.3 Å². The summed E-state index contributed by atoms with van der Waals surface area (Å²) < 4.78 is 28.9. The second kappa shape index (κ2) is 16.4. The molecule has 272 valence electrons. The quantitative estimate of drug-likeness (QED) is 0.159. The van der Waals surface area contributed by atoms with E-state index in [0.29, 0.717) is 36.8 Å². The van der Waals surface area contributed by atoms with E-state index in [1.54, 1.807) is 19.1 Å². The summed E-state index contributed by atoms with van der Waals surface area (Å²) in [7, 11) is 4.49. The number of likely N-dealkylation sites (tertiary alicyclic amines) is 1. The Morgan fingerprint density at radius 3 is 2.42 bits per heavy atom. The third-order valence-corrected chi connectivity index (χ3v) is 10.2. The highest BCUT2D eigenvalue weighted by Gasteiger charge is 2.59. The van der Waals surface area contributed by atoms with Crippen LogP contribution < -0.4 is 14.8 Å². The predicted molar refractivity (Wildman–Crippen MR) is 196 cm³/mol. The molecule has 0 aromatic heterocycles. The van der Waals surface area contributed by atoms with E-state index in [1.165, 1.54) is 7.11 Å². The normalized spacial score (nSPS) is 21.2. The molecule has 10 heteroatoms. The highest BCUT2D eigenvalue weighted by Crippen LogP contribution is 2.50. The highest BCUT2D eigenvalue weighted by atomic mass is 16.6. The Morgan fingerprint density at radius 1 is 0.904 bits per heavy atom. The molecular formula is C42H46N2O8. The first kappa shape index (κ1) is 36.6. The van der Waals surface area contributed by atoms with Crippen LogP contribution in [0.15, 0.2) is 103 Å². The zero-order valence-corrected chi connectivity index (χ0v) is 30.1. The van der Waals surface area contributed by atoms with Crippen LogP contribution in [0.25, 0.3) is 10.8 Å². The summed E-state index contributed by atoms with van der Waals surface area (Å²) >= 11 is 0. The topological polar surface area (TPSA) is 113 Å². The van der Waals surface area contributed by atoms with Crippen molar-refractivity contribution in [2.75, 3.05) is 34.5 Å². The van der Waals surface area contributed by atoms with Crippen LogP contribution in [0.4, 0.5) is 0 Å². The molecule has 0 bridgehead atoms. The fourth-order valence-corrected chi connectivity index (χ4v) is 7.46. The minimum absolute atomic E-state index is 0.0671. The molecule has 0 aliphatic carbocycles. The zero-order chi connectivity index (χ0) is 36.7. The Kier molecular flexibility index (Phi) is 11.6. The number of nitrogens with zero attached hydrogens (tertiary/aromatic N) is 1. The summed E-state index contributed by atoms with van der Waals surface area (Å²) in [6, 6.07) is 29.4. The summed E-state index contributed by atoms with van der Waals surface area (Å²) in [6.45, 7) is 2.99. The number of carbonyl (C=O) groups excluding carboxylic acids is 3. The van der Waals surface area contributed by atoms with Gasteiger partial charge in [-0.15, -0.1) is 0 Å². The summed E-state index contributed by atoms with van der Waals surface area (Å²) in [6.07, 6.45) is 1.04. The molecule has 2 amide bonds. The number of fused-ring (bicyclic) bond motifs is 2. The third kappa shape index (κ3) is 7.68. The fourth-order valence-electron chi connectivity index (χ4n) is 7.46. The maximum absolute atomic E-state index is 14.5. The largest absolute Gasteiger partial charge is 0.493 e. The van der Waals surface area contributed by atoms with E-state index in [0.717, 1.165) is 27.5 Å². The molecule has 10 nitrogen and oxygen atoms in total. The lowest BCUT2D eigenvalue weighted by Gasteiger charge is -2.51. The number of hydrogen-bond acceptors (Lipinski definition) is 8. The lowest BCUT2D eigenvalue weighted by atomic mass is 9.66. The molecule has 1 fully saturated rings. The van der Waals surface area contributed by atoms with Gasteiger partial charge in [0.2, 0.25) is 11.8 Å². The van der Waals surface area contributed by atoms with E-state index in [2.05, 4.69) is 5.32 Å². The molecule has 2 aliphatic rings. The number of amides is 2. The summed E-state index contributed by atoms with van der Waals surface area (Å²) in [4.78, 5) is 43.7. The van der Waals surface area contributed by atoms with Crippen LogP contribution in [0.2, 0.25) is 0 Å². The monoisotopic (exact) mass is 706 g/mol. The van der Waals surface area contributed by atoms with Gasteiger partial charge in [-0.1, -0.05) is 78.9 Å². The second-order valence-electron chi connectivity index (χ2n) is 13.3. The lowest BCUT2D eigenvalue weighted by Crippen LogP contribution is -2.60. The maximum Gasteiger partial charge on any atom is 0.320 e. The number of methoxy groups -OCH3 is 3. The summed E-state index contributed by atoms with van der Waals surface area (Å²) in [5, 5.41) is 5.15. The molecule has 0 saturated carbocycles. The molecule has 0 spiro atoms. The second-order valence-corrected chi connectivity index (χ2v) is 13.3. The van der Waals surface area contributed by atoms with Gasteiger partial charge in [0, 0.05) is 31.1 Å².